The lowest BCUT2D eigenvalue weighted by atomic mass is 10.1. The van der Waals surface area contributed by atoms with Crippen molar-refractivity contribution in [2.75, 3.05) is 0 Å². The molecule has 0 bridgehead atoms. The molecular formula is C13H15F2NO4. The molecule has 5 nitrogen and oxygen atoms in total. The first kappa shape index (κ1) is 15.9. The molecule has 0 fully saturated rings. The number of carboxylic acids is 1. The van der Waals surface area contributed by atoms with E-state index in [2.05, 4.69) is 5.32 Å². The molecule has 1 aromatic rings. The van der Waals surface area contributed by atoms with Crippen LogP contribution in [0.4, 0.5) is 13.6 Å². The SMILES string of the molecule is CC(C)(C)OC(=O)NCc1cc(C(=O)O)cc(F)c1F. The summed E-state index contributed by atoms with van der Waals surface area (Å²) < 4.78 is 31.6. The Kier molecular flexibility index (Phi) is 4.65. The van der Waals surface area contributed by atoms with Gasteiger partial charge in [0.1, 0.15) is 5.60 Å². The third kappa shape index (κ3) is 4.49. The number of ether oxygens (including phenoxy) is 1. The summed E-state index contributed by atoms with van der Waals surface area (Å²) in [7, 11) is 0. The van der Waals surface area contributed by atoms with E-state index in [0.717, 1.165) is 6.07 Å². The number of halogens is 2. The molecule has 0 saturated carbocycles. The molecule has 20 heavy (non-hydrogen) atoms. The summed E-state index contributed by atoms with van der Waals surface area (Å²) in [6.45, 7) is 4.58. The largest absolute Gasteiger partial charge is 0.478 e. The van der Waals surface area contributed by atoms with Crippen LogP contribution < -0.4 is 5.32 Å². The summed E-state index contributed by atoms with van der Waals surface area (Å²) in [5, 5.41) is 11.0. The van der Waals surface area contributed by atoms with Crippen LogP contribution >= 0.6 is 0 Å². The van der Waals surface area contributed by atoms with E-state index in [1.54, 1.807) is 20.8 Å². The molecule has 1 aromatic carbocycles. The number of rotatable bonds is 3. The van der Waals surface area contributed by atoms with Crippen molar-refractivity contribution in [2.24, 2.45) is 0 Å². The van der Waals surface area contributed by atoms with E-state index < -0.39 is 34.9 Å². The van der Waals surface area contributed by atoms with Gasteiger partial charge in [0.15, 0.2) is 11.6 Å². The van der Waals surface area contributed by atoms with Gasteiger partial charge in [-0.3, -0.25) is 0 Å². The Morgan fingerprint density at radius 1 is 1.30 bits per heavy atom. The van der Waals surface area contributed by atoms with Gasteiger partial charge >= 0.3 is 12.1 Å². The molecule has 2 N–H and O–H groups in total. The monoisotopic (exact) mass is 287 g/mol. The number of aromatic carboxylic acids is 1. The lowest BCUT2D eigenvalue weighted by Crippen LogP contribution is -2.32. The molecule has 0 aliphatic carbocycles. The molecule has 0 saturated heterocycles. The third-order valence-corrected chi connectivity index (χ3v) is 2.17. The fraction of sp³-hybridized carbons (Fsp3) is 0.385. The lowest BCUT2D eigenvalue weighted by Gasteiger charge is -2.19. The summed E-state index contributed by atoms with van der Waals surface area (Å²) in [5.41, 5.74) is -1.39. The number of alkyl carbamates (subject to hydrolysis) is 1. The number of carbonyl (C=O) groups excluding carboxylic acids is 1. The molecule has 0 aliphatic heterocycles. The molecular weight excluding hydrogens is 272 g/mol. The summed E-state index contributed by atoms with van der Waals surface area (Å²) in [6, 6.07) is 1.53. The Balaban J connectivity index is 2.82. The number of nitrogens with one attached hydrogen (secondary N) is 1. The lowest BCUT2D eigenvalue weighted by molar-refractivity contribution is 0.0522. The average molecular weight is 287 g/mol. The number of carboxylic acid groups (broad SMARTS) is 1. The van der Waals surface area contributed by atoms with Gasteiger partial charge in [0.2, 0.25) is 0 Å². The molecule has 0 aliphatic rings. The first-order valence-electron chi connectivity index (χ1n) is 5.78. The van der Waals surface area contributed by atoms with E-state index in [-0.39, 0.29) is 12.1 Å². The van der Waals surface area contributed by atoms with Crippen LogP contribution in [0.5, 0.6) is 0 Å². The van der Waals surface area contributed by atoms with Crippen LogP contribution in [0, 0.1) is 11.6 Å². The van der Waals surface area contributed by atoms with Gasteiger partial charge in [-0.25, -0.2) is 18.4 Å². The van der Waals surface area contributed by atoms with Crippen LogP contribution in [-0.4, -0.2) is 22.8 Å². The van der Waals surface area contributed by atoms with E-state index in [1.165, 1.54) is 0 Å². The van der Waals surface area contributed by atoms with Crippen molar-refractivity contribution in [2.45, 2.75) is 32.9 Å². The standard InChI is InChI=1S/C13H15F2NO4/c1-13(2,3)20-12(19)16-6-8-4-7(11(17)18)5-9(14)10(8)15/h4-5H,6H2,1-3H3,(H,16,19)(H,17,18). The van der Waals surface area contributed by atoms with Gasteiger partial charge in [-0.1, -0.05) is 0 Å². The first-order valence-corrected chi connectivity index (χ1v) is 5.78. The molecule has 110 valence electrons. The fourth-order valence-electron chi connectivity index (χ4n) is 1.38. The Morgan fingerprint density at radius 3 is 2.40 bits per heavy atom. The summed E-state index contributed by atoms with van der Waals surface area (Å²) in [4.78, 5) is 22.1. The highest BCUT2D eigenvalue weighted by Crippen LogP contribution is 2.15. The van der Waals surface area contributed by atoms with Crippen LogP contribution in [-0.2, 0) is 11.3 Å². The van der Waals surface area contributed by atoms with E-state index in [4.69, 9.17) is 9.84 Å². The smallest absolute Gasteiger partial charge is 0.407 e. The molecule has 0 unspecified atom stereocenters. The molecule has 0 radical (unpaired) electrons. The fourth-order valence-corrected chi connectivity index (χ4v) is 1.38. The van der Waals surface area contributed by atoms with Gasteiger partial charge in [0, 0.05) is 12.1 Å². The van der Waals surface area contributed by atoms with Gasteiger partial charge in [0.25, 0.3) is 0 Å². The zero-order chi connectivity index (χ0) is 15.5. The summed E-state index contributed by atoms with van der Waals surface area (Å²) in [6.07, 6.45) is -0.807. The van der Waals surface area contributed by atoms with Gasteiger partial charge in [-0.2, -0.15) is 0 Å². The van der Waals surface area contributed by atoms with Crippen LogP contribution in [0.25, 0.3) is 0 Å². The predicted molar refractivity (Wildman–Crippen MR) is 66.4 cm³/mol. The maximum absolute atomic E-state index is 13.5. The molecule has 7 heteroatoms. The topological polar surface area (TPSA) is 75.6 Å². The van der Waals surface area contributed by atoms with Crippen LogP contribution in [0.15, 0.2) is 12.1 Å². The maximum Gasteiger partial charge on any atom is 0.407 e. The second-order valence-corrected chi connectivity index (χ2v) is 5.09. The van der Waals surface area contributed by atoms with Crippen molar-refractivity contribution >= 4 is 12.1 Å². The van der Waals surface area contributed by atoms with Crippen molar-refractivity contribution in [1.29, 1.82) is 0 Å². The number of hydrogen-bond donors (Lipinski definition) is 2. The summed E-state index contributed by atoms with van der Waals surface area (Å²) >= 11 is 0. The van der Waals surface area contributed by atoms with E-state index in [9.17, 15) is 18.4 Å². The van der Waals surface area contributed by atoms with E-state index >= 15 is 0 Å². The quantitative estimate of drug-likeness (QED) is 0.896. The second-order valence-electron chi connectivity index (χ2n) is 5.09. The minimum absolute atomic E-state index is 0.270. The van der Waals surface area contributed by atoms with Gasteiger partial charge in [0.05, 0.1) is 5.56 Å². The minimum atomic E-state index is -1.39. The van der Waals surface area contributed by atoms with Crippen LogP contribution in [0.3, 0.4) is 0 Å². The average Bonchev–Trinajstić information content (AvgIpc) is 2.28. The molecule has 0 heterocycles. The maximum atomic E-state index is 13.5. The van der Waals surface area contributed by atoms with Gasteiger partial charge in [-0.15, -0.1) is 0 Å². The first-order chi connectivity index (χ1) is 9.10. The Bertz CT molecular complexity index is 538. The Morgan fingerprint density at radius 2 is 1.90 bits per heavy atom. The molecule has 0 aromatic heterocycles. The van der Waals surface area contributed by atoms with Gasteiger partial charge in [-0.05, 0) is 32.9 Å². The van der Waals surface area contributed by atoms with Gasteiger partial charge < -0.3 is 15.2 Å². The molecule has 0 atom stereocenters. The van der Waals surface area contributed by atoms with Crippen molar-refractivity contribution in [1.82, 2.24) is 5.32 Å². The molecule has 1 amide bonds. The second kappa shape index (κ2) is 5.85. The highest BCUT2D eigenvalue weighted by atomic mass is 19.2. The zero-order valence-corrected chi connectivity index (χ0v) is 11.3. The molecule has 0 spiro atoms. The number of carbonyl (C=O) groups is 2. The Labute approximate surface area is 114 Å². The minimum Gasteiger partial charge on any atom is -0.478 e. The van der Waals surface area contributed by atoms with E-state index in [0.29, 0.717) is 6.07 Å². The number of benzene rings is 1. The van der Waals surface area contributed by atoms with Crippen LogP contribution in [0.2, 0.25) is 0 Å². The van der Waals surface area contributed by atoms with Crippen LogP contribution in [0.1, 0.15) is 36.7 Å². The summed E-state index contributed by atoms with van der Waals surface area (Å²) in [5.74, 6) is -3.88. The van der Waals surface area contributed by atoms with E-state index in [1.807, 2.05) is 0 Å². The third-order valence-electron chi connectivity index (χ3n) is 2.17. The predicted octanol–water partition coefficient (Wildman–Crippen LogP) is 2.69. The van der Waals surface area contributed by atoms with Crippen molar-refractivity contribution in [3.05, 3.63) is 34.9 Å². The highest BCUT2D eigenvalue weighted by molar-refractivity contribution is 5.87. The van der Waals surface area contributed by atoms with Crippen molar-refractivity contribution in [3.63, 3.8) is 0 Å². The van der Waals surface area contributed by atoms with Crippen molar-refractivity contribution in [3.8, 4) is 0 Å². The normalized spacial score (nSPS) is 11.1. The van der Waals surface area contributed by atoms with Crippen molar-refractivity contribution < 1.29 is 28.2 Å². The zero-order valence-electron chi connectivity index (χ0n) is 11.3. The molecule has 1 rings (SSSR count). The number of amides is 1. The highest BCUT2D eigenvalue weighted by Gasteiger charge is 2.18. The number of hydrogen-bond acceptors (Lipinski definition) is 3. The Hall–Kier alpha value is -2.18.